The highest BCUT2D eigenvalue weighted by Crippen LogP contribution is 2.33. The van der Waals surface area contributed by atoms with Gasteiger partial charge in [-0.3, -0.25) is 10.1 Å². The number of carbonyl (C=O) groups excluding carboxylic acids is 3. The number of carbonyl (C=O) groups is 3. The molecule has 0 fully saturated rings. The number of alkyl carbamates (subject to hydrolysis) is 1. The number of ether oxygens (including phenoxy) is 3. The van der Waals surface area contributed by atoms with Crippen LogP contribution in [0.2, 0.25) is 25.7 Å². The first kappa shape index (κ1) is 33.0. The Morgan fingerprint density at radius 3 is 2.52 bits per heavy atom. The van der Waals surface area contributed by atoms with Gasteiger partial charge in [-0.15, -0.1) is 0 Å². The van der Waals surface area contributed by atoms with Crippen LogP contribution in [0.25, 0.3) is 11.3 Å². The van der Waals surface area contributed by atoms with Gasteiger partial charge in [0.05, 0.1) is 43.2 Å². The minimum atomic E-state index is -1.44. The van der Waals surface area contributed by atoms with Crippen LogP contribution < -0.4 is 16.0 Å². The zero-order chi connectivity index (χ0) is 31.2. The molecule has 232 valence electrons. The summed E-state index contributed by atoms with van der Waals surface area (Å²) in [6, 6.07) is 4.89. The molecule has 0 spiro atoms. The number of nitrogens with zero attached hydrogens (tertiary/aromatic N) is 2. The van der Waals surface area contributed by atoms with E-state index >= 15 is 0 Å². The number of rotatable bonds is 7. The van der Waals surface area contributed by atoms with E-state index in [9.17, 15) is 24.6 Å². The van der Waals surface area contributed by atoms with Gasteiger partial charge in [-0.25, -0.2) is 14.6 Å². The molecule has 3 amide bonds. The number of benzene rings is 1. The Balaban J connectivity index is 2.10. The van der Waals surface area contributed by atoms with Crippen LogP contribution in [-0.4, -0.2) is 77.5 Å². The fraction of sp³-hybridized carbons (Fsp3) is 0.571. The number of methoxy groups -OCH3 is 1. The summed E-state index contributed by atoms with van der Waals surface area (Å²) in [5.41, 5.74) is 0.857. The van der Waals surface area contributed by atoms with Crippen molar-refractivity contribution < 1.29 is 38.8 Å². The maximum Gasteiger partial charge on any atom is 0.411 e. The van der Waals surface area contributed by atoms with Crippen LogP contribution >= 0.6 is 0 Å². The minimum Gasteiger partial charge on any atom is -0.453 e. The molecule has 0 saturated heterocycles. The SMILES string of the molecule is COC(=O)Nc1ccc2c(c1)NC(=O)CC(O)C(O)CC(NC(=O)OC(C)(C)C)c1nc-2cn1COCC[Si](C)(C)C. The lowest BCUT2D eigenvalue weighted by Crippen LogP contribution is -2.40. The second kappa shape index (κ2) is 13.7. The molecule has 2 heterocycles. The monoisotopic (exact) mass is 605 g/mol. The molecule has 1 aromatic carbocycles. The Kier molecular flexibility index (Phi) is 10.8. The summed E-state index contributed by atoms with van der Waals surface area (Å²) in [7, 11) is -0.117. The Morgan fingerprint density at radius 2 is 1.88 bits per heavy atom. The first-order valence-electron chi connectivity index (χ1n) is 13.8. The standard InChI is InChI=1S/C28H43N5O8Si/c1-28(2,3)41-27(38)32-20-13-22(34)23(35)14-24(36)30-19-12-17(29-26(37)39-4)8-9-18(19)21-15-33(25(20)31-21)16-40-10-11-42(5,6)7/h8-9,12,15,20,22-23,34-35H,10-11,13-14,16H2,1-7H3,(H,29,37)(H,30,36)(H,32,38). The molecule has 0 saturated carbocycles. The summed E-state index contributed by atoms with van der Waals surface area (Å²) >= 11 is 0. The molecule has 5 N–H and O–H groups in total. The van der Waals surface area contributed by atoms with Gasteiger partial charge >= 0.3 is 12.2 Å². The predicted molar refractivity (Wildman–Crippen MR) is 160 cm³/mol. The third-order valence-electron chi connectivity index (χ3n) is 6.35. The van der Waals surface area contributed by atoms with Gasteiger partial charge in [-0.1, -0.05) is 19.6 Å². The quantitative estimate of drug-likeness (QED) is 0.230. The van der Waals surface area contributed by atoms with E-state index in [1.165, 1.54) is 13.2 Å². The van der Waals surface area contributed by atoms with Crippen LogP contribution in [0.5, 0.6) is 0 Å². The zero-order valence-electron chi connectivity index (χ0n) is 25.3. The molecule has 1 aromatic heterocycles. The van der Waals surface area contributed by atoms with Crippen LogP contribution in [0, 0.1) is 0 Å². The Bertz CT molecular complexity index is 1270. The molecule has 42 heavy (non-hydrogen) atoms. The summed E-state index contributed by atoms with van der Waals surface area (Å²) in [6.07, 6.45) is -3.07. The normalized spacial score (nSPS) is 19.5. The third-order valence-corrected chi connectivity index (χ3v) is 8.06. The molecule has 3 rings (SSSR count). The van der Waals surface area contributed by atoms with E-state index in [0.29, 0.717) is 35.1 Å². The van der Waals surface area contributed by atoms with Gasteiger partial charge in [0.1, 0.15) is 18.2 Å². The van der Waals surface area contributed by atoms with Crippen LogP contribution in [0.1, 0.15) is 45.5 Å². The Hall–Kier alpha value is -3.46. The van der Waals surface area contributed by atoms with E-state index in [0.717, 1.165) is 6.04 Å². The molecular weight excluding hydrogens is 562 g/mol. The fourth-order valence-corrected chi connectivity index (χ4v) is 4.96. The van der Waals surface area contributed by atoms with Crippen molar-refractivity contribution in [1.29, 1.82) is 0 Å². The van der Waals surface area contributed by atoms with Crippen LogP contribution in [-0.2, 0) is 25.7 Å². The van der Waals surface area contributed by atoms with E-state index in [4.69, 9.17) is 14.5 Å². The third kappa shape index (κ3) is 9.82. The van der Waals surface area contributed by atoms with Crippen molar-refractivity contribution in [3.63, 3.8) is 0 Å². The summed E-state index contributed by atoms with van der Waals surface area (Å²) < 4.78 is 17.9. The lowest BCUT2D eigenvalue weighted by molar-refractivity contribution is -0.120. The molecule has 0 radical (unpaired) electrons. The number of anilines is 2. The molecule has 2 aromatic rings. The maximum absolute atomic E-state index is 12.9. The van der Waals surface area contributed by atoms with Gasteiger partial charge in [0.25, 0.3) is 0 Å². The van der Waals surface area contributed by atoms with E-state index in [2.05, 4.69) is 40.3 Å². The van der Waals surface area contributed by atoms with Crippen LogP contribution in [0.4, 0.5) is 21.0 Å². The van der Waals surface area contributed by atoms with Gasteiger partial charge < -0.3 is 39.6 Å². The minimum absolute atomic E-state index is 0.113. The number of fused-ring (bicyclic) bond motifs is 4. The highest BCUT2D eigenvalue weighted by molar-refractivity contribution is 6.76. The number of hydrogen-bond acceptors (Lipinski definition) is 9. The van der Waals surface area contributed by atoms with Crippen molar-refractivity contribution in [3.8, 4) is 11.3 Å². The van der Waals surface area contributed by atoms with Gasteiger partial charge in [0.2, 0.25) is 5.91 Å². The highest BCUT2D eigenvalue weighted by atomic mass is 28.3. The van der Waals surface area contributed by atoms with Gasteiger partial charge in [-0.2, -0.15) is 0 Å². The summed E-state index contributed by atoms with van der Waals surface area (Å²) in [4.78, 5) is 42.3. The van der Waals surface area contributed by atoms with E-state index in [1.54, 1.807) is 43.7 Å². The number of aromatic nitrogens is 2. The van der Waals surface area contributed by atoms with Crippen molar-refractivity contribution in [2.45, 2.75) is 89.9 Å². The molecular formula is C28H43N5O8Si. The molecule has 0 aliphatic carbocycles. The maximum atomic E-state index is 12.9. The average molecular weight is 606 g/mol. The average Bonchev–Trinajstić information content (AvgIpc) is 3.27. The molecule has 14 heteroatoms. The largest absolute Gasteiger partial charge is 0.453 e. The second-order valence-corrected chi connectivity index (χ2v) is 18.1. The van der Waals surface area contributed by atoms with Crippen molar-refractivity contribution in [1.82, 2.24) is 14.9 Å². The fourth-order valence-electron chi connectivity index (χ4n) is 4.20. The number of nitrogens with one attached hydrogen (secondary N) is 3. The van der Waals surface area contributed by atoms with Gasteiger partial charge in [0, 0.05) is 38.5 Å². The summed E-state index contributed by atoms with van der Waals surface area (Å²) in [5, 5.41) is 29.7. The first-order valence-corrected chi connectivity index (χ1v) is 17.5. The number of imidazole rings is 1. The van der Waals surface area contributed by atoms with Crippen molar-refractivity contribution >= 4 is 37.5 Å². The van der Waals surface area contributed by atoms with Crippen molar-refractivity contribution in [2.24, 2.45) is 0 Å². The lowest BCUT2D eigenvalue weighted by atomic mass is 10.0. The summed E-state index contributed by atoms with van der Waals surface area (Å²) in [5.74, 6) is -0.200. The summed E-state index contributed by atoms with van der Waals surface area (Å²) in [6.45, 7) is 12.6. The number of aliphatic hydroxyl groups is 2. The van der Waals surface area contributed by atoms with E-state index < -0.39 is 56.4 Å². The van der Waals surface area contributed by atoms with Crippen LogP contribution in [0.3, 0.4) is 0 Å². The smallest absolute Gasteiger partial charge is 0.411 e. The molecule has 3 atom stereocenters. The number of amides is 3. The number of aliphatic hydroxyl groups excluding tert-OH is 2. The molecule has 13 nitrogen and oxygen atoms in total. The first-order chi connectivity index (χ1) is 19.5. The molecule has 2 bridgehead atoms. The zero-order valence-corrected chi connectivity index (χ0v) is 26.3. The number of hydrogen-bond donors (Lipinski definition) is 5. The van der Waals surface area contributed by atoms with Gasteiger partial charge in [0.15, 0.2) is 0 Å². The van der Waals surface area contributed by atoms with Crippen molar-refractivity contribution in [2.75, 3.05) is 24.4 Å². The second-order valence-electron chi connectivity index (χ2n) is 12.5. The molecule has 1 aliphatic rings. The topological polar surface area (TPSA) is 173 Å². The Morgan fingerprint density at radius 1 is 1.17 bits per heavy atom. The van der Waals surface area contributed by atoms with Crippen LogP contribution in [0.15, 0.2) is 24.4 Å². The molecule has 1 aliphatic heterocycles. The highest BCUT2D eigenvalue weighted by Gasteiger charge is 2.31. The van der Waals surface area contributed by atoms with E-state index in [1.807, 2.05) is 0 Å². The lowest BCUT2D eigenvalue weighted by Gasteiger charge is -2.27. The Labute approximate surface area is 246 Å². The van der Waals surface area contributed by atoms with Gasteiger partial charge in [-0.05, 0) is 45.0 Å². The predicted octanol–water partition coefficient (Wildman–Crippen LogP) is 4.06. The van der Waals surface area contributed by atoms with E-state index in [-0.39, 0.29) is 13.2 Å². The molecule has 3 unspecified atom stereocenters. The van der Waals surface area contributed by atoms with Crippen molar-refractivity contribution in [3.05, 3.63) is 30.2 Å².